The second kappa shape index (κ2) is 5.34. The molecule has 1 saturated heterocycles. The lowest BCUT2D eigenvalue weighted by Gasteiger charge is -2.22. The van der Waals surface area contributed by atoms with Crippen molar-refractivity contribution in [1.29, 1.82) is 0 Å². The number of aliphatic hydroxyl groups is 1. The van der Waals surface area contributed by atoms with Gasteiger partial charge in [-0.15, -0.1) is 0 Å². The van der Waals surface area contributed by atoms with Crippen molar-refractivity contribution in [2.75, 3.05) is 19.6 Å². The van der Waals surface area contributed by atoms with E-state index < -0.39 is 17.7 Å². The number of para-hydroxylation sites is 1. The number of hydrogen-bond acceptors (Lipinski definition) is 4. The number of nitrogens with one attached hydrogen (secondary N) is 2. The third-order valence-corrected chi connectivity index (χ3v) is 3.64. The molecule has 1 aliphatic rings. The van der Waals surface area contributed by atoms with Crippen LogP contribution in [0, 0.1) is 0 Å². The molecule has 4 amide bonds. The molecule has 1 aliphatic heterocycles. The highest BCUT2D eigenvalue weighted by atomic mass is 16.4. The number of nitrogens with zero attached hydrogens (tertiary/aromatic N) is 1. The Morgan fingerprint density at radius 1 is 1.50 bits per heavy atom. The van der Waals surface area contributed by atoms with Gasteiger partial charge >= 0.3 is 12.1 Å². The topological polar surface area (TPSA) is 94.8 Å². The van der Waals surface area contributed by atoms with Crippen molar-refractivity contribution in [3.05, 3.63) is 36.1 Å². The van der Waals surface area contributed by atoms with E-state index in [2.05, 4.69) is 10.6 Å². The number of amides is 4. The number of rotatable bonds is 3. The first-order valence-electron chi connectivity index (χ1n) is 7.02. The molecule has 0 radical (unpaired) electrons. The fourth-order valence-electron chi connectivity index (χ4n) is 2.34. The molecule has 1 fully saturated rings. The number of urea groups is 2. The van der Waals surface area contributed by atoms with E-state index in [-0.39, 0.29) is 6.54 Å². The van der Waals surface area contributed by atoms with Crippen LogP contribution >= 0.6 is 0 Å². The van der Waals surface area contributed by atoms with Gasteiger partial charge in [-0.05, 0) is 19.1 Å². The van der Waals surface area contributed by atoms with Crippen LogP contribution in [0.5, 0.6) is 0 Å². The largest absolute Gasteiger partial charge is 0.458 e. The van der Waals surface area contributed by atoms with E-state index in [1.54, 1.807) is 13.0 Å². The number of carbonyl (C=O) groups excluding carboxylic acids is 2. The molecule has 22 heavy (non-hydrogen) atoms. The van der Waals surface area contributed by atoms with Gasteiger partial charge in [0.15, 0.2) is 0 Å². The van der Waals surface area contributed by atoms with Crippen molar-refractivity contribution in [2.24, 2.45) is 0 Å². The third kappa shape index (κ3) is 2.62. The van der Waals surface area contributed by atoms with E-state index in [4.69, 9.17) is 4.42 Å². The molecule has 3 rings (SSSR count). The van der Waals surface area contributed by atoms with Crippen LogP contribution in [0.25, 0.3) is 11.0 Å². The zero-order valence-electron chi connectivity index (χ0n) is 12.1. The fraction of sp³-hybridized carbons (Fsp3) is 0.333. The molecule has 2 heterocycles. The summed E-state index contributed by atoms with van der Waals surface area (Å²) in [5.74, 6) is 0.361. The summed E-state index contributed by atoms with van der Waals surface area (Å²) >= 11 is 0. The van der Waals surface area contributed by atoms with E-state index in [0.717, 1.165) is 10.3 Å². The molecule has 7 heteroatoms. The Hall–Kier alpha value is -2.54. The van der Waals surface area contributed by atoms with Crippen LogP contribution in [0.1, 0.15) is 12.7 Å². The highest BCUT2D eigenvalue weighted by Crippen LogP contribution is 2.27. The van der Waals surface area contributed by atoms with Crippen LogP contribution in [-0.4, -0.2) is 41.7 Å². The Balaban J connectivity index is 1.70. The maximum absolute atomic E-state index is 11.9. The lowest BCUT2D eigenvalue weighted by atomic mass is 10.0. The summed E-state index contributed by atoms with van der Waals surface area (Å²) in [7, 11) is 0. The van der Waals surface area contributed by atoms with E-state index in [1.807, 2.05) is 24.3 Å². The summed E-state index contributed by atoms with van der Waals surface area (Å²) < 4.78 is 5.62. The lowest BCUT2D eigenvalue weighted by Crippen LogP contribution is -2.46. The first-order chi connectivity index (χ1) is 10.5. The summed E-state index contributed by atoms with van der Waals surface area (Å²) in [5.41, 5.74) is -0.701. The predicted molar refractivity (Wildman–Crippen MR) is 79.3 cm³/mol. The lowest BCUT2D eigenvalue weighted by molar-refractivity contribution is 0.0374. The summed E-state index contributed by atoms with van der Waals surface area (Å²) in [6.45, 7) is 2.24. The maximum Gasteiger partial charge on any atom is 0.325 e. The van der Waals surface area contributed by atoms with Crippen LogP contribution in [0.3, 0.4) is 0 Å². The highest BCUT2D eigenvalue weighted by Gasteiger charge is 2.31. The molecule has 0 bridgehead atoms. The Labute approximate surface area is 126 Å². The van der Waals surface area contributed by atoms with Gasteiger partial charge in [0.05, 0.1) is 6.54 Å². The van der Waals surface area contributed by atoms with Crippen molar-refractivity contribution in [2.45, 2.75) is 12.5 Å². The van der Waals surface area contributed by atoms with E-state index in [1.165, 1.54) is 0 Å². The number of furan rings is 1. The van der Waals surface area contributed by atoms with Gasteiger partial charge in [-0.3, -0.25) is 0 Å². The Kier molecular flexibility index (Phi) is 3.50. The number of benzene rings is 1. The predicted octanol–water partition coefficient (Wildman–Crippen LogP) is 1.38. The number of carbonyl (C=O) groups is 2. The van der Waals surface area contributed by atoms with Gasteiger partial charge in [0.25, 0.3) is 0 Å². The van der Waals surface area contributed by atoms with Crippen LogP contribution in [0.4, 0.5) is 9.59 Å². The molecule has 1 aromatic heterocycles. The van der Waals surface area contributed by atoms with Gasteiger partial charge in [0.1, 0.15) is 16.9 Å². The van der Waals surface area contributed by atoms with Crippen LogP contribution in [-0.2, 0) is 5.60 Å². The van der Waals surface area contributed by atoms with Gasteiger partial charge in [-0.1, -0.05) is 18.2 Å². The fourth-order valence-corrected chi connectivity index (χ4v) is 2.34. The molecule has 1 aromatic carbocycles. The average Bonchev–Trinajstić information content (AvgIpc) is 3.11. The Bertz CT molecular complexity index is 689. The minimum atomic E-state index is -1.37. The highest BCUT2D eigenvalue weighted by molar-refractivity contribution is 5.94. The maximum atomic E-state index is 11.9. The molecule has 2 aromatic rings. The van der Waals surface area contributed by atoms with Crippen molar-refractivity contribution in [1.82, 2.24) is 15.5 Å². The van der Waals surface area contributed by atoms with Gasteiger partial charge in [-0.25, -0.2) is 14.5 Å². The van der Waals surface area contributed by atoms with E-state index >= 15 is 0 Å². The zero-order valence-corrected chi connectivity index (χ0v) is 12.1. The number of imide groups is 1. The second-order valence-corrected chi connectivity index (χ2v) is 5.46. The third-order valence-electron chi connectivity index (χ3n) is 3.64. The van der Waals surface area contributed by atoms with Gasteiger partial charge in [0, 0.05) is 18.5 Å². The van der Waals surface area contributed by atoms with Gasteiger partial charge in [0.2, 0.25) is 0 Å². The molecule has 1 atom stereocenters. The molecule has 0 saturated carbocycles. The second-order valence-electron chi connectivity index (χ2n) is 5.46. The van der Waals surface area contributed by atoms with Crippen LogP contribution in [0.15, 0.2) is 34.7 Å². The number of fused-ring (bicyclic) bond motifs is 1. The van der Waals surface area contributed by atoms with Crippen molar-refractivity contribution >= 4 is 23.0 Å². The van der Waals surface area contributed by atoms with Gasteiger partial charge in [-0.2, -0.15) is 0 Å². The van der Waals surface area contributed by atoms with Crippen LogP contribution < -0.4 is 10.6 Å². The van der Waals surface area contributed by atoms with Crippen molar-refractivity contribution in [3.8, 4) is 0 Å². The normalized spacial score (nSPS) is 17.4. The summed E-state index contributed by atoms with van der Waals surface area (Å²) in [6.07, 6.45) is 0. The molecule has 3 N–H and O–H groups in total. The van der Waals surface area contributed by atoms with Gasteiger partial charge < -0.3 is 20.2 Å². The Morgan fingerprint density at radius 3 is 2.95 bits per heavy atom. The molecule has 0 unspecified atom stereocenters. The summed E-state index contributed by atoms with van der Waals surface area (Å²) in [6, 6.07) is 8.19. The first-order valence-corrected chi connectivity index (χ1v) is 7.02. The SMILES string of the molecule is C[C@@](O)(CNC(=O)N1CCNC1=O)c1cc2ccccc2o1. The van der Waals surface area contributed by atoms with Crippen molar-refractivity contribution < 1.29 is 19.1 Å². The summed E-state index contributed by atoms with van der Waals surface area (Å²) in [4.78, 5) is 24.4. The van der Waals surface area contributed by atoms with E-state index in [9.17, 15) is 14.7 Å². The molecular weight excluding hydrogens is 286 g/mol. The number of hydrogen-bond donors (Lipinski definition) is 3. The first kappa shape index (κ1) is 14.4. The molecule has 0 spiro atoms. The van der Waals surface area contributed by atoms with Crippen molar-refractivity contribution in [3.63, 3.8) is 0 Å². The summed E-state index contributed by atoms with van der Waals surface area (Å²) in [5, 5.41) is 16.5. The standard InChI is InChI=1S/C15H17N3O4/c1-15(21,9-17-14(20)18-7-6-16-13(18)19)12-8-10-4-2-3-5-11(10)22-12/h2-5,8,21H,6-7,9H2,1H3,(H,16,19)(H,17,20)/t15-/m1/s1. The minimum Gasteiger partial charge on any atom is -0.458 e. The van der Waals surface area contributed by atoms with E-state index in [0.29, 0.717) is 24.4 Å². The molecule has 116 valence electrons. The molecule has 7 nitrogen and oxygen atoms in total. The quantitative estimate of drug-likeness (QED) is 0.798. The van der Waals surface area contributed by atoms with Crippen LogP contribution in [0.2, 0.25) is 0 Å². The molecular formula is C15H17N3O4. The monoisotopic (exact) mass is 303 g/mol. The minimum absolute atomic E-state index is 0.0601. The molecule has 0 aliphatic carbocycles. The Morgan fingerprint density at radius 2 is 2.27 bits per heavy atom. The zero-order chi connectivity index (χ0) is 15.7. The smallest absolute Gasteiger partial charge is 0.325 e. The average molecular weight is 303 g/mol.